The third-order valence-corrected chi connectivity index (χ3v) is 3.71. The number of nitrogens with one attached hydrogen (secondary N) is 1. The van der Waals surface area contributed by atoms with Crippen molar-refractivity contribution >= 4 is 11.3 Å². The van der Waals surface area contributed by atoms with Gasteiger partial charge in [0.25, 0.3) is 0 Å². The number of benzene rings is 1. The van der Waals surface area contributed by atoms with Gasteiger partial charge in [-0.25, -0.2) is 4.39 Å². The topological polar surface area (TPSA) is 12.0 Å². The molecule has 18 heavy (non-hydrogen) atoms. The predicted octanol–water partition coefficient (Wildman–Crippen LogP) is 4.28. The van der Waals surface area contributed by atoms with Gasteiger partial charge in [-0.15, -0.1) is 0 Å². The first-order chi connectivity index (χ1) is 8.74. The Bertz CT molecular complexity index is 493. The van der Waals surface area contributed by atoms with Crippen LogP contribution in [-0.4, -0.2) is 6.54 Å². The Morgan fingerprint density at radius 1 is 1.33 bits per heavy atom. The van der Waals surface area contributed by atoms with Gasteiger partial charge in [-0.2, -0.15) is 11.3 Å². The highest BCUT2D eigenvalue weighted by atomic mass is 32.1. The molecule has 0 saturated heterocycles. The van der Waals surface area contributed by atoms with Gasteiger partial charge in [0.15, 0.2) is 0 Å². The summed E-state index contributed by atoms with van der Waals surface area (Å²) in [5.74, 6) is -0.0997. The van der Waals surface area contributed by atoms with Gasteiger partial charge in [-0.05, 0) is 47.8 Å². The van der Waals surface area contributed by atoms with Gasteiger partial charge in [0.2, 0.25) is 0 Å². The number of aryl methyl sites for hydroxylation is 1. The van der Waals surface area contributed by atoms with Crippen LogP contribution in [0.1, 0.15) is 36.1 Å². The van der Waals surface area contributed by atoms with Gasteiger partial charge in [0, 0.05) is 5.56 Å². The van der Waals surface area contributed by atoms with Crippen molar-refractivity contribution in [1.29, 1.82) is 0 Å². The summed E-state index contributed by atoms with van der Waals surface area (Å²) in [7, 11) is 0. The fourth-order valence-corrected chi connectivity index (χ4v) is 2.71. The highest BCUT2D eigenvalue weighted by Gasteiger charge is 2.18. The smallest absolute Gasteiger partial charge is 0.131 e. The van der Waals surface area contributed by atoms with Crippen molar-refractivity contribution in [1.82, 2.24) is 5.32 Å². The molecule has 96 valence electrons. The lowest BCUT2D eigenvalue weighted by molar-refractivity contribution is 0.543. The molecule has 0 aliphatic rings. The fourth-order valence-electron chi connectivity index (χ4n) is 2.03. The molecular formula is C15H18FNS. The van der Waals surface area contributed by atoms with E-state index in [0.29, 0.717) is 5.56 Å². The molecule has 0 amide bonds. The van der Waals surface area contributed by atoms with Crippen LogP contribution in [0.5, 0.6) is 0 Å². The minimum absolute atomic E-state index is 0.0453. The zero-order valence-electron chi connectivity index (χ0n) is 10.7. The minimum Gasteiger partial charge on any atom is -0.306 e. The average molecular weight is 263 g/mol. The first-order valence-electron chi connectivity index (χ1n) is 6.24. The van der Waals surface area contributed by atoms with Gasteiger partial charge in [0.1, 0.15) is 5.82 Å². The maximum absolute atomic E-state index is 14.2. The summed E-state index contributed by atoms with van der Waals surface area (Å²) in [6.07, 6.45) is 1.04. The average Bonchev–Trinajstić information content (AvgIpc) is 2.88. The molecule has 2 aromatic rings. The van der Waals surface area contributed by atoms with Crippen LogP contribution in [0, 0.1) is 12.7 Å². The predicted molar refractivity (Wildman–Crippen MR) is 75.6 cm³/mol. The van der Waals surface area contributed by atoms with E-state index in [1.165, 1.54) is 0 Å². The molecule has 1 aromatic heterocycles. The number of hydrogen-bond acceptors (Lipinski definition) is 2. The quantitative estimate of drug-likeness (QED) is 0.848. The number of halogens is 1. The molecule has 0 aliphatic carbocycles. The Balaban J connectivity index is 2.37. The first-order valence-corrected chi connectivity index (χ1v) is 7.18. The van der Waals surface area contributed by atoms with Crippen LogP contribution in [0.4, 0.5) is 4.39 Å². The maximum Gasteiger partial charge on any atom is 0.131 e. The van der Waals surface area contributed by atoms with Crippen molar-refractivity contribution in [2.45, 2.75) is 26.3 Å². The highest BCUT2D eigenvalue weighted by molar-refractivity contribution is 7.08. The van der Waals surface area contributed by atoms with Gasteiger partial charge in [-0.3, -0.25) is 0 Å². The molecule has 0 fully saturated rings. The Morgan fingerprint density at radius 3 is 2.83 bits per heavy atom. The van der Waals surface area contributed by atoms with Gasteiger partial charge in [0.05, 0.1) is 6.04 Å². The van der Waals surface area contributed by atoms with E-state index in [1.807, 2.05) is 30.5 Å². The highest BCUT2D eigenvalue weighted by Crippen LogP contribution is 2.27. The Kier molecular flexibility index (Phi) is 4.50. The molecule has 3 heteroatoms. The normalized spacial score (nSPS) is 12.6. The van der Waals surface area contributed by atoms with E-state index in [-0.39, 0.29) is 11.9 Å². The van der Waals surface area contributed by atoms with Gasteiger partial charge in [-0.1, -0.05) is 25.1 Å². The second-order valence-corrected chi connectivity index (χ2v) is 5.20. The Labute approximate surface area is 112 Å². The van der Waals surface area contributed by atoms with Crippen LogP contribution in [0.25, 0.3) is 0 Å². The van der Waals surface area contributed by atoms with Crippen molar-refractivity contribution in [2.24, 2.45) is 0 Å². The lowest BCUT2D eigenvalue weighted by atomic mass is 9.98. The maximum atomic E-state index is 14.2. The number of thiophene rings is 1. The van der Waals surface area contributed by atoms with Crippen molar-refractivity contribution in [3.63, 3.8) is 0 Å². The van der Waals surface area contributed by atoms with E-state index in [4.69, 9.17) is 0 Å². The number of hydrogen-bond donors (Lipinski definition) is 1. The molecule has 0 saturated carbocycles. The second kappa shape index (κ2) is 6.12. The summed E-state index contributed by atoms with van der Waals surface area (Å²) in [6.45, 7) is 4.81. The van der Waals surface area contributed by atoms with Crippen molar-refractivity contribution in [3.05, 3.63) is 57.5 Å². The lowest BCUT2D eigenvalue weighted by Crippen LogP contribution is -2.23. The third kappa shape index (κ3) is 2.79. The molecule has 1 nitrogen and oxygen atoms in total. The van der Waals surface area contributed by atoms with Crippen LogP contribution in [0.2, 0.25) is 0 Å². The molecule has 1 heterocycles. The second-order valence-electron chi connectivity index (χ2n) is 4.42. The Morgan fingerprint density at radius 2 is 2.17 bits per heavy atom. The minimum atomic E-state index is -0.0997. The van der Waals surface area contributed by atoms with Crippen LogP contribution < -0.4 is 5.32 Å². The van der Waals surface area contributed by atoms with E-state index in [0.717, 1.165) is 24.1 Å². The monoisotopic (exact) mass is 263 g/mol. The molecule has 1 unspecified atom stereocenters. The van der Waals surface area contributed by atoms with Crippen molar-refractivity contribution in [2.75, 3.05) is 6.54 Å². The van der Waals surface area contributed by atoms with E-state index in [2.05, 4.69) is 23.7 Å². The van der Waals surface area contributed by atoms with E-state index < -0.39 is 0 Å². The van der Waals surface area contributed by atoms with Crippen LogP contribution in [-0.2, 0) is 0 Å². The summed E-state index contributed by atoms with van der Waals surface area (Å²) in [4.78, 5) is 0. The Hall–Kier alpha value is -1.19. The SMILES string of the molecule is CCCNC(c1ccsc1)c1cccc(C)c1F. The standard InChI is InChI=1S/C15H18FNS/c1-3-8-17-15(12-7-9-18-10-12)13-6-4-5-11(2)14(13)16/h4-7,9-10,15,17H,3,8H2,1-2H3. The van der Waals surface area contributed by atoms with E-state index >= 15 is 0 Å². The lowest BCUT2D eigenvalue weighted by Gasteiger charge is -2.19. The summed E-state index contributed by atoms with van der Waals surface area (Å²) >= 11 is 1.64. The molecule has 0 radical (unpaired) electrons. The fraction of sp³-hybridized carbons (Fsp3) is 0.333. The first kappa shape index (κ1) is 13.2. The third-order valence-electron chi connectivity index (χ3n) is 3.01. The largest absolute Gasteiger partial charge is 0.306 e. The van der Waals surface area contributed by atoms with Crippen molar-refractivity contribution < 1.29 is 4.39 Å². The van der Waals surface area contributed by atoms with E-state index in [9.17, 15) is 4.39 Å². The summed E-state index contributed by atoms with van der Waals surface area (Å²) < 4.78 is 14.2. The van der Waals surface area contributed by atoms with Crippen LogP contribution >= 0.6 is 11.3 Å². The number of rotatable bonds is 5. The summed E-state index contributed by atoms with van der Waals surface area (Å²) in [6, 6.07) is 7.60. The van der Waals surface area contributed by atoms with E-state index in [1.54, 1.807) is 11.3 Å². The van der Waals surface area contributed by atoms with Crippen LogP contribution in [0.15, 0.2) is 35.0 Å². The molecule has 1 aromatic carbocycles. The molecular weight excluding hydrogens is 245 g/mol. The summed E-state index contributed by atoms with van der Waals surface area (Å²) in [5, 5.41) is 7.53. The molecule has 1 N–H and O–H groups in total. The van der Waals surface area contributed by atoms with Crippen LogP contribution in [0.3, 0.4) is 0 Å². The molecule has 0 bridgehead atoms. The van der Waals surface area contributed by atoms with Gasteiger partial charge >= 0.3 is 0 Å². The summed E-state index contributed by atoms with van der Waals surface area (Å²) in [5.41, 5.74) is 2.57. The van der Waals surface area contributed by atoms with Gasteiger partial charge < -0.3 is 5.32 Å². The molecule has 0 aliphatic heterocycles. The molecule has 2 rings (SSSR count). The zero-order valence-corrected chi connectivity index (χ0v) is 11.6. The molecule has 0 spiro atoms. The molecule has 1 atom stereocenters. The van der Waals surface area contributed by atoms with Crippen molar-refractivity contribution in [3.8, 4) is 0 Å². The zero-order chi connectivity index (χ0) is 13.0.